The van der Waals surface area contributed by atoms with Gasteiger partial charge in [0, 0.05) is 33.4 Å². The van der Waals surface area contributed by atoms with Gasteiger partial charge >= 0.3 is 0 Å². The highest BCUT2D eigenvalue weighted by molar-refractivity contribution is 6.09. The van der Waals surface area contributed by atoms with E-state index in [-0.39, 0.29) is 0 Å². The first-order valence-electron chi connectivity index (χ1n) is 22.7. The Bertz CT molecular complexity index is 3620. The van der Waals surface area contributed by atoms with Crippen molar-refractivity contribution in [3.8, 4) is 61.3 Å². The number of benzene rings is 11. The van der Waals surface area contributed by atoms with E-state index < -0.39 is 0 Å². The van der Waals surface area contributed by atoms with Gasteiger partial charge < -0.3 is 9.47 Å². The highest BCUT2D eigenvalue weighted by Crippen LogP contribution is 2.41. The van der Waals surface area contributed by atoms with Gasteiger partial charge in [0.2, 0.25) is 0 Å². The molecule has 0 unspecified atom stereocenters. The standard InChI is InChI=1S/C64H44N2/c1-2-16-49(17-3-1)57-21-6-7-22-58(57)53-19-14-20-56(44-53)65(55-41-37-48(38-42-55)52-34-31-45-15-4-5-18-51(45)43-52)54-39-35-47(36-40-54)46-29-32-50(33-30-46)59-23-8-11-26-62(59)66-63-27-12-9-24-60(63)61-25-10-13-28-64(61)66/h1-44H. The average Bonchev–Trinajstić information content (AvgIpc) is 3.74. The predicted octanol–water partition coefficient (Wildman–Crippen LogP) is 17.7. The van der Waals surface area contributed by atoms with Crippen LogP contribution in [-0.4, -0.2) is 4.57 Å². The monoisotopic (exact) mass is 840 g/mol. The van der Waals surface area contributed by atoms with Crippen LogP contribution in [0.2, 0.25) is 0 Å². The molecule has 0 aliphatic carbocycles. The van der Waals surface area contributed by atoms with Gasteiger partial charge in [-0.1, -0.05) is 206 Å². The third-order valence-electron chi connectivity index (χ3n) is 13.0. The zero-order valence-electron chi connectivity index (χ0n) is 36.3. The van der Waals surface area contributed by atoms with Crippen LogP contribution < -0.4 is 4.90 Å². The molecule has 0 amide bonds. The van der Waals surface area contributed by atoms with E-state index in [4.69, 9.17) is 0 Å². The van der Waals surface area contributed by atoms with Gasteiger partial charge in [-0.15, -0.1) is 0 Å². The minimum Gasteiger partial charge on any atom is -0.310 e. The number of anilines is 3. The number of hydrogen-bond acceptors (Lipinski definition) is 1. The lowest BCUT2D eigenvalue weighted by molar-refractivity contribution is 1.18. The summed E-state index contributed by atoms with van der Waals surface area (Å²) in [5.74, 6) is 0. The second-order valence-corrected chi connectivity index (χ2v) is 16.9. The van der Waals surface area contributed by atoms with E-state index in [0.717, 1.165) is 22.6 Å². The fourth-order valence-corrected chi connectivity index (χ4v) is 9.78. The molecule has 0 spiro atoms. The highest BCUT2D eigenvalue weighted by Gasteiger charge is 2.18. The van der Waals surface area contributed by atoms with Crippen LogP contribution >= 0.6 is 0 Å². The second-order valence-electron chi connectivity index (χ2n) is 16.9. The Morgan fingerprint density at radius 1 is 0.242 bits per heavy atom. The molecule has 0 bridgehead atoms. The van der Waals surface area contributed by atoms with Crippen molar-refractivity contribution in [2.45, 2.75) is 0 Å². The van der Waals surface area contributed by atoms with E-state index in [1.54, 1.807) is 0 Å². The molecule has 1 heterocycles. The lowest BCUT2D eigenvalue weighted by Crippen LogP contribution is -2.10. The number of aromatic nitrogens is 1. The van der Waals surface area contributed by atoms with Crippen molar-refractivity contribution in [2.24, 2.45) is 0 Å². The molecule has 12 rings (SSSR count). The maximum atomic E-state index is 2.41. The zero-order chi connectivity index (χ0) is 43.8. The topological polar surface area (TPSA) is 8.17 Å². The molecule has 2 heteroatoms. The SMILES string of the molecule is c1ccc(-c2ccccc2-c2cccc(N(c3ccc(-c4ccc(-c5ccccc5-n5c6ccccc6c6ccccc65)cc4)cc3)c3ccc(-c4ccc5ccccc5c4)cc3)c2)cc1. The third kappa shape index (κ3) is 7.12. The van der Waals surface area contributed by atoms with E-state index in [1.807, 2.05) is 0 Å². The quantitative estimate of drug-likeness (QED) is 0.141. The first-order chi connectivity index (χ1) is 32.7. The van der Waals surface area contributed by atoms with E-state index in [2.05, 4.69) is 276 Å². The summed E-state index contributed by atoms with van der Waals surface area (Å²) in [7, 11) is 0. The summed E-state index contributed by atoms with van der Waals surface area (Å²) >= 11 is 0. The van der Waals surface area contributed by atoms with Crippen LogP contribution in [0.5, 0.6) is 0 Å². The first-order valence-corrected chi connectivity index (χ1v) is 22.7. The summed E-state index contributed by atoms with van der Waals surface area (Å²) in [6.07, 6.45) is 0. The summed E-state index contributed by atoms with van der Waals surface area (Å²) in [5.41, 5.74) is 18.8. The Balaban J connectivity index is 0.901. The summed E-state index contributed by atoms with van der Waals surface area (Å²) in [6, 6.07) is 96.8. The minimum atomic E-state index is 1.09. The van der Waals surface area contributed by atoms with Crippen LogP contribution in [0.1, 0.15) is 0 Å². The van der Waals surface area contributed by atoms with E-state index >= 15 is 0 Å². The number of rotatable bonds is 9. The van der Waals surface area contributed by atoms with E-state index in [1.165, 1.54) is 88.3 Å². The molecular formula is C64H44N2. The van der Waals surface area contributed by atoms with Gasteiger partial charge in [0.15, 0.2) is 0 Å². The fraction of sp³-hybridized carbons (Fsp3) is 0. The van der Waals surface area contributed by atoms with Crippen molar-refractivity contribution in [3.05, 3.63) is 267 Å². The van der Waals surface area contributed by atoms with Crippen LogP contribution in [0.25, 0.3) is 93.9 Å². The first kappa shape index (κ1) is 38.9. The number of para-hydroxylation sites is 3. The van der Waals surface area contributed by atoms with Crippen LogP contribution in [0.15, 0.2) is 267 Å². The second kappa shape index (κ2) is 16.8. The Morgan fingerprint density at radius 3 is 1.36 bits per heavy atom. The zero-order valence-corrected chi connectivity index (χ0v) is 36.3. The highest BCUT2D eigenvalue weighted by atomic mass is 15.1. The predicted molar refractivity (Wildman–Crippen MR) is 280 cm³/mol. The number of nitrogens with zero attached hydrogens (tertiary/aromatic N) is 2. The molecule has 0 aliphatic rings. The Hall–Kier alpha value is -8.72. The Kier molecular flexibility index (Phi) is 9.89. The van der Waals surface area contributed by atoms with Crippen molar-refractivity contribution in [3.63, 3.8) is 0 Å². The molecule has 0 atom stereocenters. The van der Waals surface area contributed by atoms with Crippen LogP contribution in [0.4, 0.5) is 17.1 Å². The van der Waals surface area contributed by atoms with Crippen molar-refractivity contribution in [1.82, 2.24) is 4.57 Å². The van der Waals surface area contributed by atoms with Gasteiger partial charge in [0.05, 0.1) is 16.7 Å². The molecule has 66 heavy (non-hydrogen) atoms. The van der Waals surface area contributed by atoms with Crippen LogP contribution in [0.3, 0.4) is 0 Å². The minimum absolute atomic E-state index is 1.09. The molecule has 11 aromatic carbocycles. The molecule has 0 fully saturated rings. The van der Waals surface area contributed by atoms with Crippen molar-refractivity contribution in [1.29, 1.82) is 0 Å². The molecule has 12 aromatic rings. The van der Waals surface area contributed by atoms with E-state index in [9.17, 15) is 0 Å². The van der Waals surface area contributed by atoms with Crippen molar-refractivity contribution in [2.75, 3.05) is 4.90 Å². The maximum absolute atomic E-state index is 2.41. The lowest BCUT2D eigenvalue weighted by Gasteiger charge is -2.26. The molecular weight excluding hydrogens is 797 g/mol. The molecule has 0 saturated carbocycles. The average molecular weight is 841 g/mol. The molecule has 2 nitrogen and oxygen atoms in total. The lowest BCUT2D eigenvalue weighted by atomic mass is 9.94. The third-order valence-corrected chi connectivity index (χ3v) is 13.0. The van der Waals surface area contributed by atoms with Gasteiger partial charge in [0.1, 0.15) is 0 Å². The largest absolute Gasteiger partial charge is 0.310 e. The summed E-state index contributed by atoms with van der Waals surface area (Å²) in [6.45, 7) is 0. The molecule has 0 radical (unpaired) electrons. The summed E-state index contributed by atoms with van der Waals surface area (Å²) in [5, 5.41) is 5.02. The molecule has 0 aliphatic heterocycles. The van der Waals surface area contributed by atoms with Crippen molar-refractivity contribution < 1.29 is 0 Å². The summed E-state index contributed by atoms with van der Waals surface area (Å²) in [4.78, 5) is 2.37. The smallest absolute Gasteiger partial charge is 0.0541 e. The molecule has 0 N–H and O–H groups in total. The number of hydrogen-bond donors (Lipinski definition) is 0. The summed E-state index contributed by atoms with van der Waals surface area (Å²) < 4.78 is 2.41. The molecule has 0 saturated heterocycles. The van der Waals surface area contributed by atoms with Gasteiger partial charge in [-0.05, 0) is 122 Å². The van der Waals surface area contributed by atoms with Gasteiger partial charge in [0.25, 0.3) is 0 Å². The Morgan fingerprint density at radius 2 is 0.697 bits per heavy atom. The van der Waals surface area contributed by atoms with E-state index in [0.29, 0.717) is 0 Å². The van der Waals surface area contributed by atoms with Crippen LogP contribution in [-0.2, 0) is 0 Å². The molecule has 310 valence electrons. The van der Waals surface area contributed by atoms with Crippen LogP contribution in [0, 0.1) is 0 Å². The van der Waals surface area contributed by atoms with Gasteiger partial charge in [-0.25, -0.2) is 0 Å². The molecule has 1 aromatic heterocycles. The van der Waals surface area contributed by atoms with Crippen molar-refractivity contribution >= 4 is 49.6 Å². The fourth-order valence-electron chi connectivity index (χ4n) is 9.78. The van der Waals surface area contributed by atoms with Gasteiger partial charge in [-0.2, -0.15) is 0 Å². The normalized spacial score (nSPS) is 11.3. The Labute approximate surface area is 385 Å². The van der Waals surface area contributed by atoms with Gasteiger partial charge in [-0.3, -0.25) is 0 Å². The maximum Gasteiger partial charge on any atom is 0.0541 e. The number of fused-ring (bicyclic) bond motifs is 4.